The molecule has 1 heterocycles. The third-order valence-corrected chi connectivity index (χ3v) is 3.63. The van der Waals surface area contributed by atoms with Crippen LogP contribution in [0.2, 0.25) is 0 Å². The molecule has 96 valence electrons. The molecule has 0 atom stereocenters. The van der Waals surface area contributed by atoms with Crippen molar-refractivity contribution in [1.82, 2.24) is 4.98 Å². The van der Waals surface area contributed by atoms with Gasteiger partial charge in [-0.25, -0.2) is 4.39 Å². The molecule has 1 aromatic heterocycles. The molecule has 2 heteroatoms. The van der Waals surface area contributed by atoms with E-state index in [1.165, 1.54) is 36.1 Å². The lowest BCUT2D eigenvalue weighted by Crippen LogP contribution is -2.00. The summed E-state index contributed by atoms with van der Waals surface area (Å²) < 4.78 is 13.0. The average molecular weight is 253 g/mol. The van der Waals surface area contributed by atoms with Gasteiger partial charge in [0.1, 0.15) is 5.82 Å². The highest BCUT2D eigenvalue weighted by Crippen LogP contribution is 2.37. The van der Waals surface area contributed by atoms with Crippen LogP contribution >= 0.6 is 0 Å². The van der Waals surface area contributed by atoms with E-state index in [0.29, 0.717) is 0 Å². The Labute approximate surface area is 112 Å². The topological polar surface area (TPSA) is 12.9 Å². The van der Waals surface area contributed by atoms with Crippen molar-refractivity contribution in [1.29, 1.82) is 0 Å². The molecule has 0 amide bonds. The number of allylic oxidation sites excluding steroid dienone is 2. The van der Waals surface area contributed by atoms with Gasteiger partial charge in [0.25, 0.3) is 0 Å². The van der Waals surface area contributed by atoms with E-state index in [1.807, 2.05) is 30.5 Å². The number of aromatic nitrogens is 1. The Morgan fingerprint density at radius 3 is 2.26 bits per heavy atom. The zero-order valence-corrected chi connectivity index (χ0v) is 10.8. The van der Waals surface area contributed by atoms with E-state index in [-0.39, 0.29) is 5.82 Å². The summed E-state index contributed by atoms with van der Waals surface area (Å²) in [6, 6.07) is 12.8. The van der Waals surface area contributed by atoms with Crippen LogP contribution in [0.15, 0.2) is 48.7 Å². The minimum Gasteiger partial charge on any atom is -0.257 e. The van der Waals surface area contributed by atoms with E-state index in [1.54, 1.807) is 0 Å². The molecule has 1 aliphatic rings. The van der Waals surface area contributed by atoms with E-state index in [4.69, 9.17) is 0 Å². The summed E-state index contributed by atoms with van der Waals surface area (Å²) in [6.45, 7) is 0. The first kappa shape index (κ1) is 12.1. The zero-order valence-electron chi connectivity index (χ0n) is 10.8. The first-order valence-corrected chi connectivity index (χ1v) is 6.74. The minimum absolute atomic E-state index is 0.181. The first-order valence-electron chi connectivity index (χ1n) is 6.74. The standard InChI is InChI=1S/C17H16FN/c18-14-10-8-13(9-11-14)15-5-1-2-6-16(15)17-7-3-4-12-19-17/h3-4,7-12H,1-2,5-6H2. The normalized spacial score (nSPS) is 15.6. The second-order valence-corrected chi connectivity index (χ2v) is 4.89. The zero-order chi connectivity index (χ0) is 13.1. The van der Waals surface area contributed by atoms with Crippen molar-refractivity contribution in [3.05, 3.63) is 65.7 Å². The molecule has 0 radical (unpaired) electrons. The largest absolute Gasteiger partial charge is 0.257 e. The quantitative estimate of drug-likeness (QED) is 0.755. The molecule has 0 fully saturated rings. The van der Waals surface area contributed by atoms with Gasteiger partial charge in [-0.2, -0.15) is 0 Å². The van der Waals surface area contributed by atoms with Crippen molar-refractivity contribution < 1.29 is 4.39 Å². The third kappa shape index (κ3) is 2.58. The van der Waals surface area contributed by atoms with Crippen molar-refractivity contribution in [2.45, 2.75) is 25.7 Å². The summed E-state index contributed by atoms with van der Waals surface area (Å²) in [4.78, 5) is 4.46. The number of rotatable bonds is 2. The van der Waals surface area contributed by atoms with Gasteiger partial charge in [-0.15, -0.1) is 0 Å². The lowest BCUT2D eigenvalue weighted by molar-refractivity contribution is 0.627. The lowest BCUT2D eigenvalue weighted by Gasteiger charge is -2.20. The van der Waals surface area contributed by atoms with Crippen LogP contribution < -0.4 is 0 Å². The summed E-state index contributed by atoms with van der Waals surface area (Å²) in [7, 11) is 0. The fourth-order valence-electron chi connectivity index (χ4n) is 2.70. The number of pyridine rings is 1. The molecule has 1 aromatic carbocycles. The van der Waals surface area contributed by atoms with E-state index in [2.05, 4.69) is 11.1 Å². The summed E-state index contributed by atoms with van der Waals surface area (Å²) in [5.41, 5.74) is 4.83. The molecule has 19 heavy (non-hydrogen) atoms. The van der Waals surface area contributed by atoms with Crippen molar-refractivity contribution >= 4 is 11.1 Å². The van der Waals surface area contributed by atoms with Crippen molar-refractivity contribution in [3.8, 4) is 0 Å². The molecular formula is C17H16FN. The molecule has 3 rings (SSSR count). The Hall–Kier alpha value is -1.96. The summed E-state index contributed by atoms with van der Waals surface area (Å²) in [6.07, 6.45) is 6.35. The Kier molecular flexibility index (Phi) is 3.41. The molecule has 0 spiro atoms. The van der Waals surface area contributed by atoms with Crippen LogP contribution in [-0.4, -0.2) is 4.98 Å². The van der Waals surface area contributed by atoms with Gasteiger partial charge in [0.2, 0.25) is 0 Å². The Morgan fingerprint density at radius 1 is 0.842 bits per heavy atom. The van der Waals surface area contributed by atoms with Crippen LogP contribution in [0.1, 0.15) is 36.9 Å². The van der Waals surface area contributed by atoms with E-state index < -0.39 is 0 Å². The van der Waals surface area contributed by atoms with Gasteiger partial charge >= 0.3 is 0 Å². The van der Waals surface area contributed by atoms with Gasteiger partial charge in [-0.1, -0.05) is 18.2 Å². The predicted octanol–water partition coefficient (Wildman–Crippen LogP) is 4.71. The SMILES string of the molecule is Fc1ccc(C2=C(c3ccccn3)CCCC2)cc1. The van der Waals surface area contributed by atoms with Crippen LogP contribution in [0.4, 0.5) is 4.39 Å². The van der Waals surface area contributed by atoms with E-state index in [0.717, 1.165) is 24.1 Å². The molecule has 1 nitrogen and oxygen atoms in total. The van der Waals surface area contributed by atoms with Crippen molar-refractivity contribution in [3.63, 3.8) is 0 Å². The first-order chi connectivity index (χ1) is 9.34. The van der Waals surface area contributed by atoms with Crippen LogP contribution in [0.3, 0.4) is 0 Å². The molecule has 0 saturated heterocycles. The monoisotopic (exact) mass is 253 g/mol. The van der Waals surface area contributed by atoms with Crippen LogP contribution in [0, 0.1) is 5.82 Å². The predicted molar refractivity (Wildman–Crippen MR) is 75.9 cm³/mol. The number of nitrogens with zero attached hydrogens (tertiary/aromatic N) is 1. The van der Waals surface area contributed by atoms with Crippen molar-refractivity contribution in [2.75, 3.05) is 0 Å². The summed E-state index contributed by atoms with van der Waals surface area (Å²) >= 11 is 0. The van der Waals surface area contributed by atoms with Crippen LogP contribution in [0.25, 0.3) is 11.1 Å². The number of hydrogen-bond donors (Lipinski definition) is 0. The highest BCUT2D eigenvalue weighted by molar-refractivity contribution is 5.90. The molecule has 0 unspecified atom stereocenters. The number of benzene rings is 1. The van der Waals surface area contributed by atoms with Crippen LogP contribution in [0.5, 0.6) is 0 Å². The molecule has 0 saturated carbocycles. The Balaban J connectivity index is 2.08. The minimum atomic E-state index is -0.181. The van der Waals surface area contributed by atoms with E-state index >= 15 is 0 Å². The van der Waals surface area contributed by atoms with Crippen LogP contribution in [-0.2, 0) is 0 Å². The third-order valence-electron chi connectivity index (χ3n) is 3.63. The molecule has 1 aliphatic carbocycles. The maximum absolute atomic E-state index is 13.0. The van der Waals surface area contributed by atoms with Gasteiger partial charge < -0.3 is 0 Å². The molecule has 0 bridgehead atoms. The smallest absolute Gasteiger partial charge is 0.123 e. The van der Waals surface area contributed by atoms with Gasteiger partial charge in [-0.3, -0.25) is 4.98 Å². The highest BCUT2D eigenvalue weighted by Gasteiger charge is 2.16. The fourth-order valence-corrected chi connectivity index (χ4v) is 2.70. The molecule has 0 N–H and O–H groups in total. The highest BCUT2D eigenvalue weighted by atomic mass is 19.1. The van der Waals surface area contributed by atoms with Gasteiger partial charge in [-0.05, 0) is 66.7 Å². The van der Waals surface area contributed by atoms with Gasteiger partial charge in [0, 0.05) is 6.20 Å². The van der Waals surface area contributed by atoms with Gasteiger partial charge in [0.05, 0.1) is 5.69 Å². The fraction of sp³-hybridized carbons (Fsp3) is 0.235. The summed E-state index contributed by atoms with van der Waals surface area (Å²) in [5.74, 6) is -0.181. The average Bonchev–Trinajstić information content (AvgIpc) is 2.49. The number of hydrogen-bond acceptors (Lipinski definition) is 1. The summed E-state index contributed by atoms with van der Waals surface area (Å²) in [5, 5.41) is 0. The Morgan fingerprint density at radius 2 is 1.58 bits per heavy atom. The lowest BCUT2D eigenvalue weighted by atomic mass is 9.85. The second kappa shape index (κ2) is 5.35. The second-order valence-electron chi connectivity index (χ2n) is 4.89. The maximum atomic E-state index is 13.0. The van der Waals surface area contributed by atoms with E-state index in [9.17, 15) is 4.39 Å². The Bertz CT molecular complexity index is 584. The maximum Gasteiger partial charge on any atom is 0.123 e. The molecule has 0 aliphatic heterocycles. The van der Waals surface area contributed by atoms with Gasteiger partial charge in [0.15, 0.2) is 0 Å². The molecular weight excluding hydrogens is 237 g/mol. The van der Waals surface area contributed by atoms with Crippen molar-refractivity contribution in [2.24, 2.45) is 0 Å². The number of halogens is 1. The molecule has 2 aromatic rings.